The summed E-state index contributed by atoms with van der Waals surface area (Å²) in [6.07, 6.45) is 0.983. The summed E-state index contributed by atoms with van der Waals surface area (Å²) in [5.41, 5.74) is 0.248. The van der Waals surface area contributed by atoms with Gasteiger partial charge in [0.25, 0.3) is 0 Å². The fourth-order valence-electron chi connectivity index (χ4n) is 1.66. The van der Waals surface area contributed by atoms with Crippen LogP contribution in [0.2, 0.25) is 5.02 Å². The minimum atomic E-state index is -0.476. The molecule has 0 fully saturated rings. The molecule has 0 aliphatic heterocycles. The zero-order valence-electron chi connectivity index (χ0n) is 10.0. The molecule has 94 valence electrons. The lowest BCUT2D eigenvalue weighted by molar-refractivity contribution is -0.128. The van der Waals surface area contributed by atoms with Gasteiger partial charge in [0.2, 0.25) is 0 Å². The van der Waals surface area contributed by atoms with Gasteiger partial charge >= 0.3 is 0 Å². The molecule has 17 heavy (non-hydrogen) atoms. The second kappa shape index (κ2) is 6.72. The quantitative estimate of drug-likeness (QED) is 0.782. The molecule has 0 saturated heterocycles. The van der Waals surface area contributed by atoms with Crippen molar-refractivity contribution in [3.05, 3.63) is 34.6 Å². The normalized spacial score (nSPS) is 12.5. The van der Waals surface area contributed by atoms with E-state index in [1.807, 2.05) is 6.92 Å². The zero-order chi connectivity index (χ0) is 12.8. The predicted molar refractivity (Wildman–Crippen MR) is 65.8 cm³/mol. The summed E-state index contributed by atoms with van der Waals surface area (Å²) in [6.45, 7) is 1.97. The van der Waals surface area contributed by atoms with Gasteiger partial charge in [-0.05, 0) is 18.6 Å². The fourth-order valence-corrected chi connectivity index (χ4v) is 1.89. The molecule has 0 amide bonds. The number of halogens is 2. The maximum Gasteiger partial charge on any atom is 0.166 e. The summed E-state index contributed by atoms with van der Waals surface area (Å²) in [7, 11) is 1.49. The first-order valence-electron chi connectivity index (χ1n) is 5.58. The van der Waals surface area contributed by atoms with Gasteiger partial charge in [0.1, 0.15) is 11.9 Å². The highest BCUT2D eigenvalue weighted by molar-refractivity contribution is 6.31. The standard InChI is InChI=1S/C13H16ClFO2/c1-3-5-13(17-2)12(16)8-9-10(14)6-4-7-11(9)15/h4,6-7,13H,3,5,8H2,1-2H3. The smallest absolute Gasteiger partial charge is 0.166 e. The number of rotatable bonds is 6. The number of carbonyl (C=O) groups excluding carboxylic acids is 1. The molecule has 0 radical (unpaired) electrons. The van der Waals surface area contributed by atoms with Crippen LogP contribution in [0.25, 0.3) is 0 Å². The number of hydrogen-bond donors (Lipinski definition) is 0. The minimum Gasteiger partial charge on any atom is -0.374 e. The average molecular weight is 259 g/mol. The third-order valence-corrected chi connectivity index (χ3v) is 2.96. The van der Waals surface area contributed by atoms with Crippen molar-refractivity contribution in [2.45, 2.75) is 32.3 Å². The van der Waals surface area contributed by atoms with E-state index in [1.54, 1.807) is 6.07 Å². The molecule has 1 aromatic carbocycles. The third-order valence-electron chi connectivity index (χ3n) is 2.61. The topological polar surface area (TPSA) is 26.3 Å². The van der Waals surface area contributed by atoms with Crippen LogP contribution in [0.1, 0.15) is 25.3 Å². The van der Waals surface area contributed by atoms with Crippen LogP contribution < -0.4 is 0 Å². The predicted octanol–water partition coefficient (Wildman–Crippen LogP) is 3.41. The molecule has 0 aliphatic rings. The number of methoxy groups -OCH3 is 1. The van der Waals surface area contributed by atoms with Gasteiger partial charge in [0.05, 0.1) is 0 Å². The van der Waals surface area contributed by atoms with E-state index in [-0.39, 0.29) is 22.8 Å². The SMILES string of the molecule is CCCC(OC)C(=O)Cc1c(F)cccc1Cl. The highest BCUT2D eigenvalue weighted by Gasteiger charge is 2.19. The van der Waals surface area contributed by atoms with Crippen LogP contribution in [-0.2, 0) is 16.0 Å². The van der Waals surface area contributed by atoms with Crippen LogP contribution in [-0.4, -0.2) is 19.0 Å². The van der Waals surface area contributed by atoms with E-state index in [2.05, 4.69) is 0 Å². The number of Topliss-reactive ketones (excluding diaryl/α,β-unsaturated/α-hetero) is 1. The van der Waals surface area contributed by atoms with Crippen molar-refractivity contribution in [1.29, 1.82) is 0 Å². The summed E-state index contributed by atoms with van der Waals surface area (Å²) in [6, 6.07) is 4.40. The average Bonchev–Trinajstić information content (AvgIpc) is 2.30. The Morgan fingerprint density at radius 2 is 2.24 bits per heavy atom. The molecule has 1 unspecified atom stereocenters. The van der Waals surface area contributed by atoms with Crippen molar-refractivity contribution in [3.8, 4) is 0 Å². The van der Waals surface area contributed by atoms with Crippen molar-refractivity contribution in [2.75, 3.05) is 7.11 Å². The number of ketones is 1. The lowest BCUT2D eigenvalue weighted by Gasteiger charge is -2.13. The molecular weight excluding hydrogens is 243 g/mol. The van der Waals surface area contributed by atoms with E-state index in [1.165, 1.54) is 19.2 Å². The van der Waals surface area contributed by atoms with Crippen LogP contribution >= 0.6 is 11.6 Å². The van der Waals surface area contributed by atoms with Crippen molar-refractivity contribution >= 4 is 17.4 Å². The maximum absolute atomic E-state index is 13.5. The summed E-state index contributed by atoms with van der Waals surface area (Å²) < 4.78 is 18.6. The Balaban J connectivity index is 2.80. The number of carbonyl (C=O) groups is 1. The van der Waals surface area contributed by atoms with E-state index >= 15 is 0 Å². The first kappa shape index (κ1) is 14.1. The third kappa shape index (κ3) is 3.79. The van der Waals surface area contributed by atoms with E-state index in [4.69, 9.17) is 16.3 Å². The molecular formula is C13H16ClFO2. The number of hydrogen-bond acceptors (Lipinski definition) is 2. The monoisotopic (exact) mass is 258 g/mol. The van der Waals surface area contributed by atoms with Crippen molar-refractivity contribution < 1.29 is 13.9 Å². The van der Waals surface area contributed by atoms with Crippen LogP contribution in [0.3, 0.4) is 0 Å². The number of benzene rings is 1. The molecule has 0 aliphatic carbocycles. The molecule has 0 heterocycles. The molecule has 0 saturated carbocycles. The van der Waals surface area contributed by atoms with Gasteiger partial charge in [0, 0.05) is 24.1 Å². The Kier molecular flexibility index (Phi) is 5.59. The maximum atomic E-state index is 13.5. The molecule has 1 aromatic rings. The molecule has 1 atom stereocenters. The summed E-state index contributed by atoms with van der Waals surface area (Å²) in [4.78, 5) is 11.9. The Bertz CT molecular complexity index is 373. The first-order chi connectivity index (χ1) is 8.10. The molecule has 0 spiro atoms. The molecule has 0 bridgehead atoms. The van der Waals surface area contributed by atoms with Gasteiger partial charge < -0.3 is 4.74 Å². The van der Waals surface area contributed by atoms with Gasteiger partial charge in [-0.15, -0.1) is 0 Å². The van der Waals surface area contributed by atoms with E-state index in [0.29, 0.717) is 6.42 Å². The largest absolute Gasteiger partial charge is 0.374 e. The zero-order valence-corrected chi connectivity index (χ0v) is 10.8. The van der Waals surface area contributed by atoms with Crippen molar-refractivity contribution in [3.63, 3.8) is 0 Å². The summed E-state index contributed by atoms with van der Waals surface area (Å²) in [5.74, 6) is -0.585. The molecule has 0 N–H and O–H groups in total. The summed E-state index contributed by atoms with van der Waals surface area (Å²) >= 11 is 5.87. The van der Waals surface area contributed by atoms with Gasteiger partial charge in [-0.1, -0.05) is 31.0 Å². The highest BCUT2D eigenvalue weighted by Crippen LogP contribution is 2.20. The molecule has 2 nitrogen and oxygen atoms in total. The minimum absolute atomic E-state index is 0.0238. The molecule has 1 rings (SSSR count). The molecule has 0 aromatic heterocycles. The second-order valence-corrected chi connectivity index (χ2v) is 4.26. The van der Waals surface area contributed by atoms with E-state index in [0.717, 1.165) is 6.42 Å². The first-order valence-corrected chi connectivity index (χ1v) is 5.96. The van der Waals surface area contributed by atoms with Crippen LogP contribution in [0.15, 0.2) is 18.2 Å². The fraction of sp³-hybridized carbons (Fsp3) is 0.462. The Morgan fingerprint density at radius 1 is 1.53 bits per heavy atom. The van der Waals surface area contributed by atoms with Gasteiger partial charge in [-0.25, -0.2) is 4.39 Å². The lowest BCUT2D eigenvalue weighted by atomic mass is 10.0. The van der Waals surface area contributed by atoms with Gasteiger partial charge in [-0.3, -0.25) is 4.79 Å². The van der Waals surface area contributed by atoms with Crippen LogP contribution in [0.5, 0.6) is 0 Å². The molecule has 4 heteroatoms. The number of ether oxygens (including phenoxy) is 1. The highest BCUT2D eigenvalue weighted by atomic mass is 35.5. The summed E-state index contributed by atoms with van der Waals surface area (Å²) in [5, 5.41) is 0.282. The second-order valence-electron chi connectivity index (χ2n) is 3.86. The van der Waals surface area contributed by atoms with Gasteiger partial charge in [0.15, 0.2) is 5.78 Å². The van der Waals surface area contributed by atoms with Crippen LogP contribution in [0.4, 0.5) is 4.39 Å². The Hall–Kier alpha value is -0.930. The Labute approximate surface area is 106 Å². The van der Waals surface area contributed by atoms with Crippen molar-refractivity contribution in [1.82, 2.24) is 0 Å². The van der Waals surface area contributed by atoms with E-state index < -0.39 is 11.9 Å². The van der Waals surface area contributed by atoms with Crippen molar-refractivity contribution in [2.24, 2.45) is 0 Å². The van der Waals surface area contributed by atoms with Crippen LogP contribution in [0, 0.1) is 5.82 Å². The Morgan fingerprint density at radius 3 is 2.76 bits per heavy atom. The van der Waals surface area contributed by atoms with E-state index in [9.17, 15) is 9.18 Å². The van der Waals surface area contributed by atoms with Gasteiger partial charge in [-0.2, -0.15) is 0 Å². The lowest BCUT2D eigenvalue weighted by Crippen LogP contribution is -2.25.